The molecule has 0 saturated heterocycles. The molecule has 21 heavy (non-hydrogen) atoms. The van der Waals surface area contributed by atoms with Crippen LogP contribution in [0, 0.1) is 5.92 Å². The zero-order valence-electron chi connectivity index (χ0n) is 13.0. The Balaban J connectivity index is 1.97. The van der Waals surface area contributed by atoms with Crippen LogP contribution in [0.2, 0.25) is 0 Å². The fraction of sp³-hybridized carbons (Fsp3) is 0.786. The molecule has 0 aliphatic heterocycles. The molecule has 1 aromatic rings. The smallest absolute Gasteiger partial charge is 0.245 e. The highest BCUT2D eigenvalue weighted by Gasteiger charge is 2.26. The molecule has 0 radical (unpaired) electrons. The zero-order valence-corrected chi connectivity index (χ0v) is 13.8. The Bertz CT molecular complexity index is 535. The van der Waals surface area contributed by atoms with Crippen molar-refractivity contribution in [1.82, 2.24) is 19.4 Å². The molecule has 120 valence electrons. The van der Waals surface area contributed by atoms with Gasteiger partial charge in [-0.2, -0.15) is 5.10 Å². The Labute approximate surface area is 127 Å². The molecule has 1 heterocycles. The van der Waals surface area contributed by atoms with Gasteiger partial charge in [0.05, 0.1) is 12.7 Å². The Kier molecular flexibility index (Phi) is 5.78. The van der Waals surface area contributed by atoms with Crippen molar-refractivity contribution in [3.8, 4) is 0 Å². The minimum Gasteiger partial charge on any atom is -0.315 e. The highest BCUT2D eigenvalue weighted by Crippen LogP contribution is 2.26. The van der Waals surface area contributed by atoms with Gasteiger partial charge in [0.25, 0.3) is 0 Å². The maximum Gasteiger partial charge on any atom is 0.245 e. The molecule has 0 amide bonds. The minimum absolute atomic E-state index is 0.291. The molecule has 0 bridgehead atoms. The predicted octanol–water partition coefficient (Wildman–Crippen LogP) is 1.30. The van der Waals surface area contributed by atoms with Crippen LogP contribution in [0.5, 0.6) is 0 Å². The molecular formula is C14H26N4O2S. The quantitative estimate of drug-likeness (QED) is 0.735. The van der Waals surface area contributed by atoms with Crippen LogP contribution in [0.15, 0.2) is 17.3 Å². The number of rotatable bonds is 8. The lowest BCUT2D eigenvalue weighted by molar-refractivity contribution is 0.387. The van der Waals surface area contributed by atoms with Gasteiger partial charge in [-0.15, -0.1) is 0 Å². The van der Waals surface area contributed by atoms with Gasteiger partial charge in [0.15, 0.2) is 0 Å². The summed E-state index contributed by atoms with van der Waals surface area (Å²) in [6.45, 7) is 5.02. The van der Waals surface area contributed by atoms with Crippen molar-refractivity contribution < 1.29 is 8.42 Å². The summed E-state index contributed by atoms with van der Waals surface area (Å²) >= 11 is 0. The van der Waals surface area contributed by atoms with E-state index < -0.39 is 10.0 Å². The van der Waals surface area contributed by atoms with Crippen LogP contribution in [0.1, 0.15) is 32.6 Å². The highest BCUT2D eigenvalue weighted by molar-refractivity contribution is 7.89. The van der Waals surface area contributed by atoms with E-state index in [-0.39, 0.29) is 0 Å². The summed E-state index contributed by atoms with van der Waals surface area (Å²) < 4.78 is 28.2. The summed E-state index contributed by atoms with van der Waals surface area (Å²) in [5.74, 6) is 0.508. The summed E-state index contributed by atoms with van der Waals surface area (Å²) in [6.07, 6.45) is 7.80. The first-order valence-corrected chi connectivity index (χ1v) is 9.17. The van der Waals surface area contributed by atoms with Gasteiger partial charge in [0, 0.05) is 26.3 Å². The lowest BCUT2D eigenvalue weighted by atomic mass is 10.1. The maximum atomic E-state index is 12.5. The van der Waals surface area contributed by atoms with E-state index in [9.17, 15) is 8.42 Å². The molecule has 0 spiro atoms. The van der Waals surface area contributed by atoms with Crippen molar-refractivity contribution >= 4 is 10.0 Å². The lowest BCUT2D eigenvalue weighted by Gasteiger charge is -2.19. The van der Waals surface area contributed by atoms with E-state index in [0.717, 1.165) is 25.9 Å². The fourth-order valence-electron chi connectivity index (χ4n) is 2.81. The van der Waals surface area contributed by atoms with Crippen LogP contribution in [0.25, 0.3) is 0 Å². The average Bonchev–Trinajstić information content (AvgIpc) is 3.10. The van der Waals surface area contributed by atoms with Crippen molar-refractivity contribution in [2.24, 2.45) is 5.92 Å². The molecule has 2 rings (SSSR count). The first-order chi connectivity index (χ1) is 10.0. The Morgan fingerprint density at radius 2 is 2.14 bits per heavy atom. The van der Waals surface area contributed by atoms with Gasteiger partial charge in [-0.25, -0.2) is 12.7 Å². The zero-order chi connectivity index (χ0) is 15.3. The first-order valence-electron chi connectivity index (χ1n) is 7.73. The van der Waals surface area contributed by atoms with Gasteiger partial charge >= 0.3 is 0 Å². The molecule has 1 aliphatic rings. The third-order valence-electron chi connectivity index (χ3n) is 4.08. The van der Waals surface area contributed by atoms with Gasteiger partial charge in [-0.1, -0.05) is 19.8 Å². The van der Waals surface area contributed by atoms with Crippen LogP contribution in [0.3, 0.4) is 0 Å². The second-order valence-electron chi connectivity index (χ2n) is 5.73. The molecule has 0 aromatic carbocycles. The van der Waals surface area contributed by atoms with Crippen molar-refractivity contribution in [2.45, 2.75) is 44.0 Å². The van der Waals surface area contributed by atoms with Gasteiger partial charge in [0.2, 0.25) is 10.0 Å². The van der Waals surface area contributed by atoms with E-state index >= 15 is 0 Å². The van der Waals surface area contributed by atoms with Crippen molar-refractivity contribution in [2.75, 3.05) is 26.7 Å². The van der Waals surface area contributed by atoms with Crippen LogP contribution >= 0.6 is 0 Å². The molecule has 0 atom stereocenters. The number of nitrogens with zero attached hydrogens (tertiary/aromatic N) is 3. The molecule has 1 aliphatic carbocycles. The average molecular weight is 314 g/mol. The van der Waals surface area contributed by atoms with Gasteiger partial charge in [0.1, 0.15) is 4.90 Å². The first kappa shape index (κ1) is 16.5. The summed E-state index contributed by atoms with van der Waals surface area (Å²) in [5, 5.41) is 7.33. The van der Waals surface area contributed by atoms with Crippen molar-refractivity contribution in [3.05, 3.63) is 12.4 Å². The Morgan fingerprint density at radius 1 is 1.43 bits per heavy atom. The normalized spacial score (nSPS) is 16.9. The predicted molar refractivity (Wildman–Crippen MR) is 82.5 cm³/mol. The second-order valence-corrected chi connectivity index (χ2v) is 7.77. The van der Waals surface area contributed by atoms with E-state index in [1.54, 1.807) is 17.9 Å². The summed E-state index contributed by atoms with van der Waals surface area (Å²) in [4.78, 5) is 0.291. The standard InChI is InChI=1S/C14H26N4O2S/c1-3-15-8-9-18-12-14(10-16-18)21(19,20)17(2)11-13-6-4-5-7-13/h10,12-13,15H,3-9,11H2,1-2H3. The van der Waals surface area contributed by atoms with E-state index in [1.807, 2.05) is 6.92 Å². The minimum atomic E-state index is -3.41. The number of likely N-dealkylation sites (N-methyl/N-ethyl adjacent to an activating group) is 1. The lowest BCUT2D eigenvalue weighted by Crippen LogP contribution is -2.31. The number of hydrogen-bond acceptors (Lipinski definition) is 4. The summed E-state index contributed by atoms with van der Waals surface area (Å²) in [6, 6.07) is 0. The Hall–Kier alpha value is -0.920. The topological polar surface area (TPSA) is 67.2 Å². The monoisotopic (exact) mass is 314 g/mol. The van der Waals surface area contributed by atoms with Gasteiger partial charge < -0.3 is 5.32 Å². The molecule has 1 fully saturated rings. The van der Waals surface area contributed by atoms with Gasteiger partial charge in [-0.05, 0) is 25.3 Å². The number of sulfonamides is 1. The van der Waals surface area contributed by atoms with E-state index in [0.29, 0.717) is 23.9 Å². The molecule has 6 nitrogen and oxygen atoms in total. The number of nitrogens with one attached hydrogen (secondary N) is 1. The number of hydrogen-bond donors (Lipinski definition) is 1. The molecule has 0 unspecified atom stereocenters. The molecule has 7 heteroatoms. The third kappa shape index (κ3) is 4.28. The summed E-state index contributed by atoms with van der Waals surface area (Å²) in [5.41, 5.74) is 0. The molecular weight excluding hydrogens is 288 g/mol. The van der Waals surface area contributed by atoms with Crippen LogP contribution < -0.4 is 5.32 Å². The van der Waals surface area contributed by atoms with E-state index in [2.05, 4.69) is 10.4 Å². The summed E-state index contributed by atoms with van der Waals surface area (Å²) in [7, 11) is -1.74. The molecule has 1 aromatic heterocycles. The van der Waals surface area contributed by atoms with Crippen molar-refractivity contribution in [1.29, 1.82) is 0 Å². The van der Waals surface area contributed by atoms with Crippen LogP contribution in [0.4, 0.5) is 0 Å². The SMILES string of the molecule is CCNCCn1cc(S(=O)(=O)N(C)CC2CCCC2)cn1. The largest absolute Gasteiger partial charge is 0.315 e. The molecule has 1 N–H and O–H groups in total. The van der Waals surface area contributed by atoms with E-state index in [4.69, 9.17) is 0 Å². The number of aromatic nitrogens is 2. The Morgan fingerprint density at radius 3 is 2.81 bits per heavy atom. The third-order valence-corrected chi connectivity index (χ3v) is 5.85. The van der Waals surface area contributed by atoms with Gasteiger partial charge in [-0.3, -0.25) is 4.68 Å². The van der Waals surface area contributed by atoms with Crippen molar-refractivity contribution in [3.63, 3.8) is 0 Å². The maximum absolute atomic E-state index is 12.5. The van der Waals surface area contributed by atoms with Crippen LogP contribution in [-0.2, 0) is 16.6 Å². The fourth-order valence-corrected chi connectivity index (χ4v) is 4.01. The van der Waals surface area contributed by atoms with E-state index in [1.165, 1.54) is 23.3 Å². The second kappa shape index (κ2) is 7.38. The molecule has 1 saturated carbocycles. The van der Waals surface area contributed by atoms with Crippen LogP contribution in [-0.4, -0.2) is 49.2 Å². The highest BCUT2D eigenvalue weighted by atomic mass is 32.2.